The lowest BCUT2D eigenvalue weighted by atomic mass is 9.54. The molecular formula is C17H24O5. The van der Waals surface area contributed by atoms with E-state index >= 15 is 0 Å². The molecule has 1 N–H and O–H groups in total. The van der Waals surface area contributed by atoms with Gasteiger partial charge in [-0.2, -0.15) is 0 Å². The smallest absolute Gasteiger partial charge is 0.309 e. The number of carbonyl (C=O) groups is 2. The van der Waals surface area contributed by atoms with E-state index in [4.69, 9.17) is 9.47 Å². The van der Waals surface area contributed by atoms with E-state index in [9.17, 15) is 14.7 Å². The number of hydrogen-bond acceptors (Lipinski definition) is 5. The summed E-state index contributed by atoms with van der Waals surface area (Å²) in [6.45, 7) is 7.27. The Hall–Kier alpha value is -1.36. The molecule has 1 heterocycles. The monoisotopic (exact) mass is 308 g/mol. The number of fused-ring (bicyclic) bond motifs is 3. The van der Waals surface area contributed by atoms with Crippen molar-refractivity contribution in [1.82, 2.24) is 0 Å². The molecule has 5 heteroatoms. The molecule has 0 amide bonds. The summed E-state index contributed by atoms with van der Waals surface area (Å²) in [5.41, 5.74) is 0.718. The molecule has 0 radical (unpaired) electrons. The first-order valence-electron chi connectivity index (χ1n) is 7.98. The Bertz CT molecular complexity index is 539. The van der Waals surface area contributed by atoms with E-state index in [2.05, 4.69) is 0 Å². The predicted octanol–water partition coefficient (Wildman–Crippen LogP) is 1.83. The van der Waals surface area contributed by atoms with Gasteiger partial charge in [0.05, 0.1) is 12.0 Å². The second-order valence-corrected chi connectivity index (χ2v) is 7.30. The third-order valence-electron chi connectivity index (χ3n) is 5.92. The van der Waals surface area contributed by atoms with Crippen LogP contribution in [-0.4, -0.2) is 35.4 Å². The van der Waals surface area contributed by atoms with Gasteiger partial charge in [0.1, 0.15) is 12.2 Å². The highest BCUT2D eigenvalue weighted by Crippen LogP contribution is 2.57. The van der Waals surface area contributed by atoms with Crippen molar-refractivity contribution in [2.75, 3.05) is 0 Å². The normalized spacial score (nSPS) is 47.1. The molecule has 0 spiro atoms. The summed E-state index contributed by atoms with van der Waals surface area (Å²) in [6, 6.07) is 0. The molecule has 1 saturated heterocycles. The molecule has 2 fully saturated rings. The minimum Gasteiger partial charge on any atom is -0.462 e. The zero-order chi connectivity index (χ0) is 16.2. The molecular weight excluding hydrogens is 284 g/mol. The van der Waals surface area contributed by atoms with Gasteiger partial charge in [-0.15, -0.1) is 0 Å². The first-order chi connectivity index (χ1) is 10.3. The molecule has 3 rings (SSSR count). The molecule has 5 nitrogen and oxygen atoms in total. The molecule has 1 aliphatic heterocycles. The van der Waals surface area contributed by atoms with Gasteiger partial charge in [-0.25, -0.2) is 0 Å². The van der Waals surface area contributed by atoms with Crippen molar-refractivity contribution in [3.8, 4) is 0 Å². The SMILES string of the molecule is CC(=O)O[C@@H]1C[C@@]2(C)[C@H](O)CC=C(C)[C@H]2[C@H]2OC(=O)[C@H](C)[C@@H]21. The van der Waals surface area contributed by atoms with Crippen LogP contribution >= 0.6 is 0 Å². The summed E-state index contributed by atoms with van der Waals surface area (Å²) >= 11 is 0. The van der Waals surface area contributed by atoms with Crippen molar-refractivity contribution < 1.29 is 24.2 Å². The fourth-order valence-electron chi connectivity index (χ4n) is 4.81. The molecule has 0 aromatic heterocycles. The van der Waals surface area contributed by atoms with Gasteiger partial charge in [-0.1, -0.05) is 25.5 Å². The summed E-state index contributed by atoms with van der Waals surface area (Å²) in [6.07, 6.45) is 1.97. The summed E-state index contributed by atoms with van der Waals surface area (Å²) in [7, 11) is 0. The van der Waals surface area contributed by atoms with E-state index in [0.717, 1.165) is 5.57 Å². The third kappa shape index (κ3) is 2.09. The standard InChI is InChI=1S/C17H24O5/c1-8-5-6-12(19)17(4)7-11(21-10(3)18)13-9(2)16(20)22-15(13)14(8)17/h5,9,11-15,19H,6-7H2,1-4H3/t9-,11-,12-,13-,14+,15+,17+/m1/s1. The second kappa shape index (κ2) is 5.08. The molecule has 2 aliphatic carbocycles. The van der Waals surface area contributed by atoms with Gasteiger partial charge in [-0.05, 0) is 19.8 Å². The number of esters is 2. The molecule has 0 bridgehead atoms. The van der Waals surface area contributed by atoms with E-state index in [1.165, 1.54) is 6.92 Å². The Morgan fingerprint density at radius 2 is 2.18 bits per heavy atom. The summed E-state index contributed by atoms with van der Waals surface area (Å²) in [5, 5.41) is 10.6. The van der Waals surface area contributed by atoms with E-state index < -0.39 is 11.5 Å². The van der Waals surface area contributed by atoms with E-state index in [1.807, 2.05) is 26.8 Å². The highest BCUT2D eigenvalue weighted by Gasteiger charge is 2.62. The Labute approximate surface area is 130 Å². The Kier molecular flexibility index (Phi) is 3.59. The Morgan fingerprint density at radius 3 is 2.82 bits per heavy atom. The van der Waals surface area contributed by atoms with Gasteiger partial charge < -0.3 is 14.6 Å². The largest absolute Gasteiger partial charge is 0.462 e. The van der Waals surface area contributed by atoms with Crippen LogP contribution in [0.5, 0.6) is 0 Å². The number of aliphatic hydroxyl groups excluding tert-OH is 1. The van der Waals surface area contributed by atoms with Gasteiger partial charge in [0, 0.05) is 24.2 Å². The third-order valence-corrected chi connectivity index (χ3v) is 5.92. The van der Waals surface area contributed by atoms with Crippen LogP contribution in [0.4, 0.5) is 0 Å². The maximum atomic E-state index is 12.1. The van der Waals surface area contributed by atoms with Crippen molar-refractivity contribution >= 4 is 11.9 Å². The summed E-state index contributed by atoms with van der Waals surface area (Å²) in [4.78, 5) is 23.6. The molecule has 122 valence electrons. The number of hydrogen-bond donors (Lipinski definition) is 1. The average molecular weight is 308 g/mol. The lowest BCUT2D eigenvalue weighted by Crippen LogP contribution is -2.58. The Balaban J connectivity index is 2.04. The fraction of sp³-hybridized carbons (Fsp3) is 0.765. The van der Waals surface area contributed by atoms with Crippen LogP contribution in [0, 0.1) is 23.2 Å². The van der Waals surface area contributed by atoms with Gasteiger partial charge >= 0.3 is 11.9 Å². The number of ether oxygens (including phenoxy) is 2. The minimum absolute atomic E-state index is 0.0121. The van der Waals surface area contributed by atoms with Gasteiger partial charge in [0.25, 0.3) is 0 Å². The van der Waals surface area contributed by atoms with Crippen LogP contribution < -0.4 is 0 Å². The molecule has 0 aromatic rings. The molecule has 7 atom stereocenters. The van der Waals surface area contributed by atoms with Crippen molar-refractivity contribution in [3.63, 3.8) is 0 Å². The zero-order valence-electron chi connectivity index (χ0n) is 13.5. The first kappa shape index (κ1) is 15.5. The van der Waals surface area contributed by atoms with E-state index in [-0.39, 0.29) is 41.9 Å². The van der Waals surface area contributed by atoms with Crippen LogP contribution in [0.3, 0.4) is 0 Å². The van der Waals surface area contributed by atoms with Gasteiger partial charge in [0.2, 0.25) is 0 Å². The van der Waals surface area contributed by atoms with Crippen LogP contribution in [0.1, 0.15) is 40.5 Å². The zero-order valence-corrected chi connectivity index (χ0v) is 13.5. The summed E-state index contributed by atoms with van der Waals surface area (Å²) < 4.78 is 11.2. The first-order valence-corrected chi connectivity index (χ1v) is 7.98. The van der Waals surface area contributed by atoms with Crippen LogP contribution in [0.15, 0.2) is 11.6 Å². The highest BCUT2D eigenvalue weighted by atomic mass is 16.6. The second-order valence-electron chi connectivity index (χ2n) is 7.30. The molecule has 3 aliphatic rings. The van der Waals surface area contributed by atoms with Gasteiger partial charge in [-0.3, -0.25) is 9.59 Å². The van der Waals surface area contributed by atoms with Crippen LogP contribution in [0.25, 0.3) is 0 Å². The summed E-state index contributed by atoms with van der Waals surface area (Å²) in [5.74, 6) is -1.02. The van der Waals surface area contributed by atoms with E-state index in [0.29, 0.717) is 12.8 Å². The van der Waals surface area contributed by atoms with Crippen molar-refractivity contribution in [3.05, 3.63) is 11.6 Å². The average Bonchev–Trinajstić information content (AvgIpc) is 2.70. The predicted molar refractivity (Wildman–Crippen MR) is 78.7 cm³/mol. The van der Waals surface area contributed by atoms with Crippen molar-refractivity contribution in [1.29, 1.82) is 0 Å². The lowest BCUT2D eigenvalue weighted by Gasteiger charge is -2.53. The van der Waals surface area contributed by atoms with Crippen molar-refractivity contribution in [2.45, 2.75) is 58.8 Å². The maximum Gasteiger partial charge on any atom is 0.309 e. The fourth-order valence-corrected chi connectivity index (χ4v) is 4.81. The number of carbonyl (C=O) groups excluding carboxylic acids is 2. The van der Waals surface area contributed by atoms with E-state index in [1.54, 1.807) is 0 Å². The van der Waals surface area contributed by atoms with Gasteiger partial charge in [0.15, 0.2) is 0 Å². The van der Waals surface area contributed by atoms with Crippen LogP contribution in [0.2, 0.25) is 0 Å². The number of rotatable bonds is 1. The lowest BCUT2D eigenvalue weighted by molar-refractivity contribution is -0.175. The minimum atomic E-state index is -0.519. The molecule has 22 heavy (non-hydrogen) atoms. The topological polar surface area (TPSA) is 72.8 Å². The molecule has 0 aromatic carbocycles. The molecule has 1 saturated carbocycles. The quantitative estimate of drug-likeness (QED) is 0.591. The Morgan fingerprint density at radius 1 is 1.50 bits per heavy atom. The highest BCUT2D eigenvalue weighted by molar-refractivity contribution is 5.75. The number of aliphatic hydroxyl groups is 1. The van der Waals surface area contributed by atoms with Crippen LogP contribution in [-0.2, 0) is 19.1 Å². The molecule has 0 unspecified atom stereocenters. The van der Waals surface area contributed by atoms with Crippen molar-refractivity contribution in [2.24, 2.45) is 23.2 Å². The maximum absolute atomic E-state index is 12.1.